The number of likely N-dealkylation sites (tertiary alicyclic amines) is 1. The van der Waals surface area contributed by atoms with Gasteiger partial charge >= 0.3 is 0 Å². The van der Waals surface area contributed by atoms with Gasteiger partial charge in [0.2, 0.25) is 5.91 Å². The molecule has 0 spiro atoms. The maximum atomic E-state index is 12.7. The molecule has 3 rings (SSSR count). The lowest BCUT2D eigenvalue weighted by atomic mass is 9.96. The van der Waals surface area contributed by atoms with Crippen LogP contribution >= 0.6 is 11.6 Å². The topological polar surface area (TPSA) is 52.7 Å². The third kappa shape index (κ3) is 5.97. The third-order valence-corrected chi connectivity index (χ3v) is 5.55. The summed E-state index contributed by atoms with van der Waals surface area (Å²) in [7, 11) is 2.05. The van der Waals surface area contributed by atoms with Crippen molar-refractivity contribution in [3.05, 3.63) is 65.2 Å². The Morgan fingerprint density at radius 1 is 1.17 bits per heavy atom. The van der Waals surface area contributed by atoms with Crippen LogP contribution in [-0.2, 0) is 4.79 Å². The van der Waals surface area contributed by atoms with Crippen LogP contribution < -0.4 is 10.2 Å². The number of nitrogens with zero attached hydrogens (tertiary/aromatic N) is 2. The predicted molar refractivity (Wildman–Crippen MR) is 117 cm³/mol. The summed E-state index contributed by atoms with van der Waals surface area (Å²) in [5.74, 6) is -0.177. The molecule has 1 N–H and O–H groups in total. The number of amides is 2. The highest BCUT2D eigenvalue weighted by Crippen LogP contribution is 2.20. The number of nitrogens with one attached hydrogen (secondary N) is 1. The first kappa shape index (κ1) is 21.2. The third-order valence-electron chi connectivity index (χ3n) is 5.32. The lowest BCUT2D eigenvalue weighted by Crippen LogP contribution is -2.45. The zero-order valence-electron chi connectivity index (χ0n) is 16.8. The Morgan fingerprint density at radius 3 is 2.72 bits per heavy atom. The number of para-hydroxylation sites is 1. The molecule has 0 bridgehead atoms. The highest BCUT2D eigenvalue weighted by molar-refractivity contribution is 6.30. The Labute approximate surface area is 177 Å². The van der Waals surface area contributed by atoms with E-state index in [1.165, 1.54) is 5.69 Å². The maximum Gasteiger partial charge on any atom is 0.253 e. The number of anilines is 1. The van der Waals surface area contributed by atoms with Crippen LogP contribution in [0.5, 0.6) is 0 Å². The standard InChI is InChI=1S/C23H28ClN3O2/c1-26(21-11-3-2-4-12-21)14-7-13-25-22(28)19-9-6-15-27(17-19)23(29)18-8-5-10-20(24)16-18/h2-5,8,10-12,16,19H,6-7,9,13-15,17H2,1H3,(H,25,28)/t19-/m1/s1. The monoisotopic (exact) mass is 413 g/mol. The van der Waals surface area contributed by atoms with Crippen molar-refractivity contribution < 1.29 is 9.59 Å². The molecule has 5 nitrogen and oxygen atoms in total. The van der Waals surface area contributed by atoms with Gasteiger partial charge in [-0.1, -0.05) is 35.9 Å². The van der Waals surface area contributed by atoms with Gasteiger partial charge in [-0.15, -0.1) is 0 Å². The number of halogens is 1. The quantitative estimate of drug-likeness (QED) is 0.702. The molecule has 1 aliphatic heterocycles. The van der Waals surface area contributed by atoms with Crippen molar-refractivity contribution in [1.29, 1.82) is 0 Å². The fourth-order valence-electron chi connectivity index (χ4n) is 3.66. The molecule has 2 aromatic carbocycles. The molecule has 0 aromatic heterocycles. The second-order valence-electron chi connectivity index (χ2n) is 7.50. The van der Waals surface area contributed by atoms with Crippen LogP contribution in [0.1, 0.15) is 29.6 Å². The number of hydrogen-bond donors (Lipinski definition) is 1. The molecule has 2 amide bonds. The molecule has 1 saturated heterocycles. The van der Waals surface area contributed by atoms with Crippen LogP contribution in [0.2, 0.25) is 5.02 Å². The summed E-state index contributed by atoms with van der Waals surface area (Å²) in [5.41, 5.74) is 1.74. The second kappa shape index (κ2) is 10.3. The molecule has 0 radical (unpaired) electrons. The molecule has 2 aromatic rings. The number of benzene rings is 2. The summed E-state index contributed by atoms with van der Waals surface area (Å²) < 4.78 is 0. The van der Waals surface area contributed by atoms with Crippen LogP contribution in [0.3, 0.4) is 0 Å². The Bertz CT molecular complexity index is 828. The minimum absolute atomic E-state index is 0.0379. The van der Waals surface area contributed by atoms with Gasteiger partial charge in [-0.2, -0.15) is 0 Å². The van der Waals surface area contributed by atoms with Crippen LogP contribution in [0.25, 0.3) is 0 Å². The van der Waals surface area contributed by atoms with Gasteiger partial charge in [0.1, 0.15) is 0 Å². The summed E-state index contributed by atoms with van der Waals surface area (Å²) in [5, 5.41) is 3.59. The van der Waals surface area contributed by atoms with E-state index in [9.17, 15) is 9.59 Å². The Morgan fingerprint density at radius 2 is 1.97 bits per heavy atom. The minimum Gasteiger partial charge on any atom is -0.375 e. The van der Waals surface area contributed by atoms with E-state index < -0.39 is 0 Å². The molecule has 0 saturated carbocycles. The summed E-state index contributed by atoms with van der Waals surface area (Å²) in [6.07, 6.45) is 2.52. The normalized spacial score (nSPS) is 16.3. The van der Waals surface area contributed by atoms with E-state index >= 15 is 0 Å². The minimum atomic E-state index is -0.154. The molecule has 1 atom stereocenters. The lowest BCUT2D eigenvalue weighted by molar-refractivity contribution is -0.126. The second-order valence-corrected chi connectivity index (χ2v) is 7.94. The SMILES string of the molecule is CN(CCCNC(=O)[C@@H]1CCCN(C(=O)c2cccc(Cl)c2)C1)c1ccccc1. The first-order chi connectivity index (χ1) is 14.0. The van der Waals surface area contributed by atoms with Crippen molar-refractivity contribution in [2.45, 2.75) is 19.3 Å². The number of rotatable bonds is 7. The van der Waals surface area contributed by atoms with Crippen LogP contribution in [0.4, 0.5) is 5.69 Å². The highest BCUT2D eigenvalue weighted by atomic mass is 35.5. The molecule has 6 heteroatoms. The van der Waals surface area contributed by atoms with E-state index in [-0.39, 0.29) is 17.7 Å². The van der Waals surface area contributed by atoms with Crippen molar-refractivity contribution >= 4 is 29.1 Å². The van der Waals surface area contributed by atoms with E-state index in [2.05, 4.69) is 29.4 Å². The van der Waals surface area contributed by atoms with Gasteiger partial charge in [-0.05, 0) is 49.6 Å². The number of carbonyl (C=O) groups excluding carboxylic acids is 2. The summed E-state index contributed by atoms with van der Waals surface area (Å²) >= 11 is 6.00. The fraction of sp³-hybridized carbons (Fsp3) is 0.391. The molecule has 0 aliphatic carbocycles. The lowest BCUT2D eigenvalue weighted by Gasteiger charge is -2.32. The molecule has 1 fully saturated rings. The first-order valence-electron chi connectivity index (χ1n) is 10.1. The predicted octanol–water partition coefficient (Wildman–Crippen LogP) is 3.83. The molecule has 1 heterocycles. The van der Waals surface area contributed by atoms with E-state index in [1.807, 2.05) is 18.2 Å². The highest BCUT2D eigenvalue weighted by Gasteiger charge is 2.28. The molecule has 0 unspecified atom stereocenters. The van der Waals surface area contributed by atoms with Gasteiger partial charge in [0, 0.05) is 49.5 Å². The van der Waals surface area contributed by atoms with Crippen LogP contribution in [0.15, 0.2) is 54.6 Å². The van der Waals surface area contributed by atoms with Gasteiger partial charge in [0.25, 0.3) is 5.91 Å². The van der Waals surface area contributed by atoms with E-state index in [4.69, 9.17) is 11.6 Å². The first-order valence-corrected chi connectivity index (χ1v) is 10.5. The van der Waals surface area contributed by atoms with Gasteiger partial charge in [0.15, 0.2) is 0 Å². The van der Waals surface area contributed by atoms with Crippen molar-refractivity contribution in [3.63, 3.8) is 0 Å². The smallest absolute Gasteiger partial charge is 0.253 e. The van der Waals surface area contributed by atoms with E-state index in [0.717, 1.165) is 25.8 Å². The molecular formula is C23H28ClN3O2. The van der Waals surface area contributed by atoms with Crippen LogP contribution in [0, 0.1) is 5.92 Å². The summed E-state index contributed by atoms with van der Waals surface area (Å²) in [6, 6.07) is 17.2. The van der Waals surface area contributed by atoms with Gasteiger partial charge in [0.05, 0.1) is 5.92 Å². The Kier molecular flexibility index (Phi) is 7.53. The van der Waals surface area contributed by atoms with Crippen molar-refractivity contribution in [2.24, 2.45) is 5.92 Å². The zero-order valence-corrected chi connectivity index (χ0v) is 17.6. The Hall–Kier alpha value is -2.53. The van der Waals surface area contributed by atoms with E-state index in [0.29, 0.717) is 30.2 Å². The van der Waals surface area contributed by atoms with Gasteiger partial charge < -0.3 is 15.1 Å². The van der Waals surface area contributed by atoms with Gasteiger partial charge in [-0.3, -0.25) is 9.59 Å². The van der Waals surface area contributed by atoms with Crippen molar-refractivity contribution in [2.75, 3.05) is 38.1 Å². The van der Waals surface area contributed by atoms with Gasteiger partial charge in [-0.25, -0.2) is 0 Å². The largest absolute Gasteiger partial charge is 0.375 e. The average Bonchev–Trinajstić information content (AvgIpc) is 2.76. The molecule has 154 valence electrons. The molecular weight excluding hydrogens is 386 g/mol. The molecule has 1 aliphatic rings. The summed E-state index contributed by atoms with van der Waals surface area (Å²) in [6.45, 7) is 2.64. The average molecular weight is 414 g/mol. The zero-order chi connectivity index (χ0) is 20.6. The molecule has 29 heavy (non-hydrogen) atoms. The number of hydrogen-bond acceptors (Lipinski definition) is 3. The number of piperidine rings is 1. The van der Waals surface area contributed by atoms with Crippen molar-refractivity contribution in [3.8, 4) is 0 Å². The fourth-order valence-corrected chi connectivity index (χ4v) is 3.85. The van der Waals surface area contributed by atoms with E-state index in [1.54, 1.807) is 29.2 Å². The van der Waals surface area contributed by atoms with Crippen LogP contribution in [-0.4, -0.2) is 49.9 Å². The Balaban J connectivity index is 1.44. The summed E-state index contributed by atoms with van der Waals surface area (Å²) in [4.78, 5) is 29.3. The number of carbonyl (C=O) groups is 2. The maximum absolute atomic E-state index is 12.7. The van der Waals surface area contributed by atoms with Crippen molar-refractivity contribution in [1.82, 2.24) is 10.2 Å².